The minimum absolute atomic E-state index is 0.252. The Bertz CT molecular complexity index is 145. The maximum Gasteiger partial charge on any atom is 0.402 e. The van der Waals surface area contributed by atoms with E-state index in [1.165, 1.54) is 0 Å². The number of hydrogen-bond acceptors (Lipinski definition) is 1. The topological polar surface area (TPSA) is 89.5 Å². The average molecular weight is 182 g/mol. The van der Waals surface area contributed by atoms with Gasteiger partial charge in [0.25, 0.3) is 0 Å². The third kappa shape index (κ3) is 7.97. The van der Waals surface area contributed by atoms with Crippen molar-refractivity contribution in [3.8, 4) is 0 Å². The smallest absolute Gasteiger partial charge is 0.313 e. The predicted octanol–water partition coefficient (Wildman–Crippen LogP) is 0.615. The minimum atomic E-state index is -4.32. The molecule has 0 amide bonds. The van der Waals surface area contributed by atoms with E-state index in [0.29, 0.717) is 6.42 Å². The van der Waals surface area contributed by atoms with Crippen molar-refractivity contribution in [2.45, 2.75) is 32.4 Å². The van der Waals surface area contributed by atoms with Crippen LogP contribution in [-0.4, -0.2) is 16.0 Å². The highest BCUT2D eigenvalue weighted by molar-refractivity contribution is 7.49. The summed E-state index contributed by atoms with van der Waals surface area (Å²) >= 11 is 0. The molecule has 0 aromatic carbocycles. The number of unbranched alkanes of at least 4 members (excludes halogenated alkanes) is 1. The Labute approximate surface area is 65.7 Å². The van der Waals surface area contributed by atoms with Crippen LogP contribution in [-0.2, 0) is 9.67 Å². The van der Waals surface area contributed by atoms with Crippen molar-refractivity contribution in [1.29, 1.82) is 0 Å². The van der Waals surface area contributed by atoms with Gasteiger partial charge in [-0.05, 0) is 12.8 Å². The second-order valence-electron chi connectivity index (χ2n) is 2.30. The Morgan fingerprint density at radius 3 is 2.45 bits per heavy atom. The lowest BCUT2D eigenvalue weighted by molar-refractivity contribution is 0.0631. The molecule has 11 heavy (non-hydrogen) atoms. The van der Waals surface area contributed by atoms with E-state index in [9.17, 15) is 9.67 Å². The zero-order valence-corrected chi connectivity index (χ0v) is 7.25. The molecule has 0 saturated carbocycles. The summed E-state index contributed by atoms with van der Waals surface area (Å²) in [5.74, 6) is 0. The van der Waals surface area contributed by atoms with Crippen molar-refractivity contribution in [2.75, 3.05) is 0 Å². The molecule has 0 heterocycles. The maximum absolute atomic E-state index is 10.7. The molecule has 0 aliphatic rings. The summed E-state index contributed by atoms with van der Waals surface area (Å²) in [7, 11) is -4.32. The van der Waals surface area contributed by atoms with Gasteiger partial charge in [0.05, 0.1) is 0 Å². The van der Waals surface area contributed by atoms with Gasteiger partial charge in [0, 0.05) is 0 Å². The first-order valence-electron chi connectivity index (χ1n) is 3.45. The van der Waals surface area contributed by atoms with Crippen LogP contribution in [0.3, 0.4) is 0 Å². The Hall–Kier alpha value is 0.0700. The Morgan fingerprint density at radius 2 is 2.09 bits per heavy atom. The lowest BCUT2D eigenvalue weighted by Gasteiger charge is -2.10. The molecule has 1 unspecified atom stereocenters. The zero-order chi connectivity index (χ0) is 8.91. The van der Waals surface area contributed by atoms with Crippen molar-refractivity contribution in [2.24, 2.45) is 0 Å². The molecule has 6 heteroatoms. The van der Waals surface area contributed by atoms with E-state index >= 15 is 0 Å². The van der Waals surface area contributed by atoms with E-state index < -0.39 is 14.0 Å². The van der Waals surface area contributed by atoms with E-state index in [1.807, 2.05) is 6.92 Å². The number of rotatable bonds is 5. The molecule has 0 saturated heterocycles. The zero-order valence-electron chi connectivity index (χ0n) is 6.36. The first kappa shape index (κ1) is 11.1. The molecule has 0 spiro atoms. The molecule has 5 nitrogen and oxygen atoms in total. The third-order valence-electron chi connectivity index (χ3n) is 1.13. The standard InChI is InChI=1S/C5H13NO4P/c1-2-3-4-5(7)6-11(8,9)10/h5H,2-4H2,1H3,(H3,6,8,9,10). The van der Waals surface area contributed by atoms with Crippen molar-refractivity contribution < 1.29 is 19.5 Å². The Kier molecular flexibility index (Phi) is 4.88. The fourth-order valence-corrected chi connectivity index (χ4v) is 1.15. The molecule has 0 rings (SSSR count). The second kappa shape index (κ2) is 4.85. The molecule has 0 aromatic rings. The molecule has 67 valence electrons. The van der Waals surface area contributed by atoms with Crippen molar-refractivity contribution >= 4 is 7.75 Å². The van der Waals surface area contributed by atoms with E-state index in [2.05, 4.69) is 0 Å². The summed E-state index contributed by atoms with van der Waals surface area (Å²) in [6.07, 6.45) is 0.431. The normalized spacial score (nSPS) is 14.9. The van der Waals surface area contributed by atoms with E-state index in [-0.39, 0.29) is 6.42 Å². The molecule has 0 fully saturated rings. The summed E-state index contributed by atoms with van der Waals surface area (Å²) < 4.78 is 10.2. The van der Waals surface area contributed by atoms with Crippen LogP contribution in [0.2, 0.25) is 0 Å². The fourth-order valence-electron chi connectivity index (χ4n) is 0.642. The monoisotopic (exact) mass is 182 g/mol. The number of hydrogen-bond donors (Lipinski definition) is 3. The predicted molar refractivity (Wildman–Crippen MR) is 39.2 cm³/mol. The first-order valence-corrected chi connectivity index (χ1v) is 5.06. The first-order chi connectivity index (χ1) is 4.95. The molecule has 0 aliphatic carbocycles. The highest BCUT2D eigenvalue weighted by Gasteiger charge is 2.17. The van der Waals surface area contributed by atoms with Gasteiger partial charge in [-0.2, -0.15) is 5.09 Å². The number of nitrogens with one attached hydrogen (secondary N) is 1. The fraction of sp³-hybridized carbons (Fsp3) is 1.00. The summed E-state index contributed by atoms with van der Waals surface area (Å²) in [4.78, 5) is 16.6. The summed E-state index contributed by atoms with van der Waals surface area (Å²) in [6, 6.07) is 0. The van der Waals surface area contributed by atoms with Crippen molar-refractivity contribution in [3.63, 3.8) is 0 Å². The Balaban J connectivity index is 3.52. The second-order valence-corrected chi connectivity index (χ2v) is 3.65. The highest BCUT2D eigenvalue weighted by Crippen LogP contribution is 2.29. The molecule has 0 aliphatic heterocycles. The lowest BCUT2D eigenvalue weighted by Crippen LogP contribution is -2.24. The SMILES string of the molecule is CCCCC([O])NP(=O)(O)O. The summed E-state index contributed by atoms with van der Waals surface area (Å²) in [5.41, 5.74) is 0. The maximum atomic E-state index is 10.7. The molecular weight excluding hydrogens is 169 g/mol. The lowest BCUT2D eigenvalue weighted by atomic mass is 10.2. The van der Waals surface area contributed by atoms with Gasteiger partial charge in [-0.1, -0.05) is 13.3 Å². The largest absolute Gasteiger partial charge is 0.402 e. The van der Waals surface area contributed by atoms with Gasteiger partial charge in [0.2, 0.25) is 0 Å². The quantitative estimate of drug-likeness (QED) is 0.429. The van der Waals surface area contributed by atoms with Crippen LogP contribution in [0.4, 0.5) is 0 Å². The molecule has 0 bridgehead atoms. The van der Waals surface area contributed by atoms with Crippen LogP contribution < -0.4 is 5.09 Å². The van der Waals surface area contributed by atoms with E-state index in [1.54, 1.807) is 5.09 Å². The molecule has 1 radical (unpaired) electrons. The van der Waals surface area contributed by atoms with Gasteiger partial charge in [-0.3, -0.25) is 0 Å². The average Bonchev–Trinajstić information content (AvgIpc) is 1.79. The van der Waals surface area contributed by atoms with Crippen LogP contribution in [0.1, 0.15) is 26.2 Å². The molecule has 1 atom stereocenters. The van der Waals surface area contributed by atoms with Gasteiger partial charge in [0.15, 0.2) is 6.23 Å². The van der Waals surface area contributed by atoms with E-state index in [4.69, 9.17) is 9.79 Å². The van der Waals surface area contributed by atoms with Crippen LogP contribution in [0.15, 0.2) is 0 Å². The molecular formula is C5H13NO4P. The van der Waals surface area contributed by atoms with Crippen LogP contribution in [0, 0.1) is 0 Å². The molecule has 3 N–H and O–H groups in total. The van der Waals surface area contributed by atoms with Gasteiger partial charge in [0.1, 0.15) is 0 Å². The van der Waals surface area contributed by atoms with E-state index in [0.717, 1.165) is 6.42 Å². The van der Waals surface area contributed by atoms with Crippen LogP contribution in [0.25, 0.3) is 0 Å². The third-order valence-corrected chi connectivity index (χ3v) is 1.76. The summed E-state index contributed by atoms with van der Waals surface area (Å²) in [5, 5.41) is 12.4. The van der Waals surface area contributed by atoms with Gasteiger partial charge in [-0.25, -0.2) is 9.67 Å². The van der Waals surface area contributed by atoms with Gasteiger partial charge >= 0.3 is 7.75 Å². The highest BCUT2D eigenvalue weighted by atomic mass is 31.2. The van der Waals surface area contributed by atoms with Crippen molar-refractivity contribution in [1.82, 2.24) is 5.09 Å². The van der Waals surface area contributed by atoms with Crippen LogP contribution >= 0.6 is 7.75 Å². The molecule has 0 aromatic heterocycles. The van der Waals surface area contributed by atoms with Crippen LogP contribution in [0.5, 0.6) is 0 Å². The van der Waals surface area contributed by atoms with Crippen molar-refractivity contribution in [3.05, 3.63) is 0 Å². The Morgan fingerprint density at radius 1 is 1.55 bits per heavy atom. The van der Waals surface area contributed by atoms with Gasteiger partial charge < -0.3 is 9.79 Å². The van der Waals surface area contributed by atoms with Gasteiger partial charge in [-0.15, -0.1) is 0 Å². The summed E-state index contributed by atoms with van der Waals surface area (Å²) in [6.45, 7) is 1.91. The minimum Gasteiger partial charge on any atom is -0.313 e.